The lowest BCUT2D eigenvalue weighted by atomic mass is 10.1. The highest BCUT2D eigenvalue weighted by atomic mass is 35.5. The molecule has 2 atom stereocenters. The van der Waals surface area contributed by atoms with Crippen molar-refractivity contribution in [2.45, 2.75) is 39.3 Å². The second kappa shape index (κ2) is 8.57. The van der Waals surface area contributed by atoms with E-state index in [1.54, 1.807) is 6.92 Å². The van der Waals surface area contributed by atoms with Crippen molar-refractivity contribution in [3.8, 4) is 11.5 Å². The van der Waals surface area contributed by atoms with E-state index in [0.29, 0.717) is 23.7 Å². The Bertz CT molecular complexity index is 950. The summed E-state index contributed by atoms with van der Waals surface area (Å²) in [4.78, 5) is 22.9. The average molecular weight is 420 g/mol. The molecule has 1 aliphatic heterocycles. The molecule has 1 amide bonds. The Hall–Kier alpha value is -3.00. The number of fused-ring (bicyclic) bond motifs is 1. The third-order valence-electron chi connectivity index (χ3n) is 4.48. The summed E-state index contributed by atoms with van der Waals surface area (Å²) in [5.74, 6) is 1.07. The van der Waals surface area contributed by atoms with E-state index in [-0.39, 0.29) is 22.7 Å². The molecule has 0 bridgehead atoms. The van der Waals surface area contributed by atoms with E-state index >= 15 is 0 Å². The maximum absolute atomic E-state index is 12.6. The van der Waals surface area contributed by atoms with Crippen molar-refractivity contribution in [3.05, 3.63) is 51.0 Å². The molecule has 1 heterocycles. The van der Waals surface area contributed by atoms with Crippen LogP contribution in [0.5, 0.6) is 11.5 Å². The molecule has 2 N–H and O–H groups in total. The Labute approximate surface area is 173 Å². The number of carbonyl (C=O) groups is 1. The van der Waals surface area contributed by atoms with Gasteiger partial charge < -0.3 is 20.1 Å². The number of nitro benzene ring substituents is 1. The highest BCUT2D eigenvalue weighted by Gasteiger charge is 2.24. The van der Waals surface area contributed by atoms with Crippen molar-refractivity contribution in [1.29, 1.82) is 0 Å². The zero-order chi connectivity index (χ0) is 21.1. The third kappa shape index (κ3) is 4.71. The van der Waals surface area contributed by atoms with Gasteiger partial charge in [0.25, 0.3) is 5.69 Å². The van der Waals surface area contributed by atoms with Crippen molar-refractivity contribution < 1.29 is 19.2 Å². The van der Waals surface area contributed by atoms with Gasteiger partial charge in [0.2, 0.25) is 5.91 Å². The number of nitrogens with zero attached hydrogens (tertiary/aromatic N) is 1. The van der Waals surface area contributed by atoms with Gasteiger partial charge in [-0.05, 0) is 32.9 Å². The quantitative estimate of drug-likeness (QED) is 0.509. The number of nitro groups is 1. The Morgan fingerprint density at radius 1 is 1.38 bits per heavy atom. The summed E-state index contributed by atoms with van der Waals surface area (Å²) in [6, 6.07) is 7.03. The number of hydrogen-bond donors (Lipinski definition) is 2. The molecule has 29 heavy (non-hydrogen) atoms. The SMILES string of the molecule is CCOc1cc2c(cc1NC(C)C(=O)Nc1ccc([N+](=O)[O-])cc1Cl)OC(C)C2. The summed E-state index contributed by atoms with van der Waals surface area (Å²) in [6.45, 7) is 6.07. The summed E-state index contributed by atoms with van der Waals surface area (Å²) >= 11 is 6.05. The van der Waals surface area contributed by atoms with Crippen LogP contribution in [0.3, 0.4) is 0 Å². The Morgan fingerprint density at radius 3 is 2.79 bits per heavy atom. The number of rotatable bonds is 7. The van der Waals surface area contributed by atoms with E-state index < -0.39 is 11.0 Å². The lowest BCUT2D eigenvalue weighted by Crippen LogP contribution is -2.32. The number of benzene rings is 2. The van der Waals surface area contributed by atoms with Crippen molar-refractivity contribution in [3.63, 3.8) is 0 Å². The second-order valence-electron chi connectivity index (χ2n) is 6.80. The normalized spacial score (nSPS) is 15.8. The molecule has 0 fully saturated rings. The number of non-ortho nitro benzene ring substituents is 1. The number of hydrogen-bond acceptors (Lipinski definition) is 6. The molecular formula is C20H22ClN3O5. The van der Waals surface area contributed by atoms with Crippen LogP contribution in [0.2, 0.25) is 5.02 Å². The van der Waals surface area contributed by atoms with Crippen LogP contribution in [0, 0.1) is 10.1 Å². The van der Waals surface area contributed by atoms with Crippen LogP contribution in [0.4, 0.5) is 17.1 Å². The predicted molar refractivity (Wildman–Crippen MR) is 111 cm³/mol. The zero-order valence-electron chi connectivity index (χ0n) is 16.3. The number of anilines is 2. The Kier molecular flexibility index (Phi) is 6.12. The molecule has 0 spiro atoms. The van der Waals surface area contributed by atoms with Crippen LogP contribution in [0.1, 0.15) is 26.3 Å². The lowest BCUT2D eigenvalue weighted by molar-refractivity contribution is -0.384. The van der Waals surface area contributed by atoms with E-state index in [0.717, 1.165) is 17.7 Å². The third-order valence-corrected chi connectivity index (χ3v) is 4.80. The Balaban J connectivity index is 1.74. The first kappa shape index (κ1) is 20.7. The minimum absolute atomic E-state index is 0.0923. The maximum atomic E-state index is 12.6. The molecule has 8 nitrogen and oxygen atoms in total. The number of ether oxygens (including phenoxy) is 2. The molecular weight excluding hydrogens is 398 g/mol. The molecule has 0 saturated heterocycles. The molecule has 0 aromatic heterocycles. The standard InChI is InChI=1S/C20H22ClN3O5/c1-4-28-19-8-13-7-11(2)29-18(13)10-17(19)22-12(3)20(25)23-16-6-5-14(24(26)27)9-15(16)21/h5-6,8-12,22H,4,7H2,1-3H3,(H,23,25). The molecule has 2 unspecified atom stereocenters. The highest BCUT2D eigenvalue weighted by molar-refractivity contribution is 6.34. The minimum Gasteiger partial charge on any atom is -0.492 e. The van der Waals surface area contributed by atoms with Crippen molar-refractivity contribution in [2.75, 3.05) is 17.2 Å². The van der Waals surface area contributed by atoms with Gasteiger partial charge in [-0.15, -0.1) is 0 Å². The van der Waals surface area contributed by atoms with Gasteiger partial charge in [-0.3, -0.25) is 14.9 Å². The fraction of sp³-hybridized carbons (Fsp3) is 0.350. The van der Waals surface area contributed by atoms with Gasteiger partial charge >= 0.3 is 0 Å². The molecule has 3 rings (SSSR count). The van der Waals surface area contributed by atoms with Gasteiger partial charge in [-0.2, -0.15) is 0 Å². The monoisotopic (exact) mass is 419 g/mol. The van der Waals surface area contributed by atoms with Gasteiger partial charge in [0, 0.05) is 30.2 Å². The predicted octanol–water partition coefficient (Wildman–Crippen LogP) is 4.41. The molecule has 1 aliphatic rings. The largest absolute Gasteiger partial charge is 0.492 e. The van der Waals surface area contributed by atoms with E-state index in [2.05, 4.69) is 10.6 Å². The van der Waals surface area contributed by atoms with Crippen LogP contribution in [0.25, 0.3) is 0 Å². The average Bonchev–Trinajstić information content (AvgIpc) is 3.02. The first-order chi connectivity index (χ1) is 13.8. The summed E-state index contributed by atoms with van der Waals surface area (Å²) < 4.78 is 11.5. The maximum Gasteiger partial charge on any atom is 0.271 e. The molecule has 2 aromatic carbocycles. The van der Waals surface area contributed by atoms with Crippen molar-refractivity contribution >= 4 is 34.6 Å². The summed E-state index contributed by atoms with van der Waals surface area (Å²) in [5, 5.41) is 16.7. The molecule has 2 aromatic rings. The van der Waals surface area contributed by atoms with Gasteiger partial charge in [0.15, 0.2) is 0 Å². The zero-order valence-corrected chi connectivity index (χ0v) is 17.1. The van der Waals surface area contributed by atoms with Crippen LogP contribution in [0.15, 0.2) is 30.3 Å². The van der Waals surface area contributed by atoms with E-state index in [4.69, 9.17) is 21.1 Å². The topological polar surface area (TPSA) is 103 Å². The van der Waals surface area contributed by atoms with Crippen molar-refractivity contribution in [1.82, 2.24) is 0 Å². The van der Waals surface area contributed by atoms with Crippen LogP contribution >= 0.6 is 11.6 Å². The molecule has 0 saturated carbocycles. The van der Waals surface area contributed by atoms with Gasteiger partial charge in [-0.25, -0.2) is 0 Å². The van der Waals surface area contributed by atoms with Gasteiger partial charge in [-0.1, -0.05) is 11.6 Å². The van der Waals surface area contributed by atoms with E-state index in [1.807, 2.05) is 26.0 Å². The van der Waals surface area contributed by atoms with Crippen LogP contribution < -0.4 is 20.1 Å². The van der Waals surface area contributed by atoms with Gasteiger partial charge in [0.05, 0.1) is 27.9 Å². The van der Waals surface area contributed by atoms with E-state index in [9.17, 15) is 14.9 Å². The second-order valence-corrected chi connectivity index (χ2v) is 7.21. The fourth-order valence-corrected chi connectivity index (χ4v) is 3.31. The molecule has 0 radical (unpaired) electrons. The number of carbonyl (C=O) groups excluding carboxylic acids is 1. The summed E-state index contributed by atoms with van der Waals surface area (Å²) in [6.07, 6.45) is 0.907. The fourth-order valence-electron chi connectivity index (χ4n) is 3.09. The Morgan fingerprint density at radius 2 is 2.14 bits per heavy atom. The first-order valence-corrected chi connectivity index (χ1v) is 9.64. The van der Waals surface area contributed by atoms with E-state index in [1.165, 1.54) is 18.2 Å². The van der Waals surface area contributed by atoms with Crippen molar-refractivity contribution in [2.24, 2.45) is 0 Å². The summed E-state index contributed by atoms with van der Waals surface area (Å²) in [7, 11) is 0. The van der Waals surface area contributed by atoms with Gasteiger partial charge in [0.1, 0.15) is 23.6 Å². The molecule has 154 valence electrons. The van der Waals surface area contributed by atoms with Crippen LogP contribution in [-0.4, -0.2) is 29.6 Å². The first-order valence-electron chi connectivity index (χ1n) is 9.26. The number of amides is 1. The highest BCUT2D eigenvalue weighted by Crippen LogP contribution is 2.38. The number of halogens is 1. The molecule has 0 aliphatic carbocycles. The smallest absolute Gasteiger partial charge is 0.271 e. The van der Waals surface area contributed by atoms with Crippen LogP contribution in [-0.2, 0) is 11.2 Å². The summed E-state index contributed by atoms with van der Waals surface area (Å²) in [5.41, 5.74) is 1.87. The lowest BCUT2D eigenvalue weighted by Gasteiger charge is -2.19. The minimum atomic E-state index is -0.627. The number of nitrogens with one attached hydrogen (secondary N) is 2. The molecule has 9 heteroatoms.